The maximum Gasteiger partial charge on any atom is 0.214 e. The lowest BCUT2D eigenvalue weighted by molar-refractivity contribution is 0.0993. The van der Waals surface area contributed by atoms with E-state index in [2.05, 4.69) is 15.5 Å². The van der Waals surface area contributed by atoms with E-state index < -0.39 is 16.9 Å². The molecule has 1 aromatic heterocycles. The molecule has 3 aromatic rings. The van der Waals surface area contributed by atoms with Crippen LogP contribution >= 0.6 is 11.8 Å². The number of aryl methyl sites for hydroxylation is 2. The number of benzene rings is 2. The summed E-state index contributed by atoms with van der Waals surface area (Å²) in [5.74, 6) is -2.36. The first-order valence-electron chi connectivity index (χ1n) is 7.89. The van der Waals surface area contributed by atoms with Crippen molar-refractivity contribution in [3.05, 3.63) is 64.7 Å². The molecule has 0 radical (unpaired) electrons. The van der Waals surface area contributed by atoms with E-state index in [-0.39, 0.29) is 11.3 Å². The molecule has 0 spiro atoms. The summed E-state index contributed by atoms with van der Waals surface area (Å²) in [5.41, 5.74) is 2.96. The third-order valence-corrected chi connectivity index (χ3v) is 4.98. The predicted molar refractivity (Wildman–Crippen MR) is 94.6 cm³/mol. The van der Waals surface area contributed by atoms with Gasteiger partial charge in [-0.1, -0.05) is 30.0 Å². The van der Waals surface area contributed by atoms with Gasteiger partial charge in [0.1, 0.15) is 0 Å². The Bertz CT molecular complexity index is 953. The number of tetrazole rings is 1. The monoisotopic (exact) mass is 374 g/mol. The largest absolute Gasteiger partial charge is 0.293 e. The van der Waals surface area contributed by atoms with Crippen molar-refractivity contribution < 1.29 is 13.6 Å². The third-order valence-electron chi connectivity index (χ3n) is 3.95. The van der Waals surface area contributed by atoms with Gasteiger partial charge in [-0.3, -0.25) is 4.79 Å². The summed E-state index contributed by atoms with van der Waals surface area (Å²) in [6.07, 6.45) is 0. The second kappa shape index (κ2) is 7.33. The fraction of sp³-hybridized carbons (Fsp3) is 0.222. The number of carbonyl (C=O) groups is 1. The fourth-order valence-electron chi connectivity index (χ4n) is 2.63. The highest BCUT2D eigenvalue weighted by molar-refractivity contribution is 8.00. The van der Waals surface area contributed by atoms with Crippen molar-refractivity contribution in [1.82, 2.24) is 20.2 Å². The molecule has 0 aliphatic rings. The molecule has 134 valence electrons. The van der Waals surface area contributed by atoms with Crippen molar-refractivity contribution in [2.75, 3.05) is 0 Å². The minimum atomic E-state index is -1.05. The van der Waals surface area contributed by atoms with Crippen LogP contribution in [-0.2, 0) is 0 Å². The molecule has 1 heterocycles. The summed E-state index contributed by atoms with van der Waals surface area (Å²) in [6, 6.07) is 8.97. The smallest absolute Gasteiger partial charge is 0.214 e. The van der Waals surface area contributed by atoms with Gasteiger partial charge in [-0.05, 0) is 60.5 Å². The van der Waals surface area contributed by atoms with Crippen molar-refractivity contribution in [2.24, 2.45) is 0 Å². The van der Waals surface area contributed by atoms with Gasteiger partial charge in [-0.2, -0.15) is 4.68 Å². The number of nitrogens with zero attached hydrogens (tertiary/aromatic N) is 4. The van der Waals surface area contributed by atoms with E-state index in [0.29, 0.717) is 5.16 Å². The van der Waals surface area contributed by atoms with Gasteiger partial charge in [0, 0.05) is 5.56 Å². The Morgan fingerprint density at radius 2 is 1.81 bits per heavy atom. The van der Waals surface area contributed by atoms with Crippen LogP contribution in [0, 0.1) is 25.5 Å². The van der Waals surface area contributed by atoms with Crippen LogP contribution in [0.25, 0.3) is 5.69 Å². The number of ketones is 1. The Morgan fingerprint density at radius 1 is 1.12 bits per heavy atom. The lowest BCUT2D eigenvalue weighted by atomic mass is 10.1. The molecule has 26 heavy (non-hydrogen) atoms. The van der Waals surface area contributed by atoms with Crippen LogP contribution in [0.5, 0.6) is 0 Å². The molecule has 3 rings (SSSR count). The molecule has 5 nitrogen and oxygen atoms in total. The fourth-order valence-corrected chi connectivity index (χ4v) is 3.50. The summed E-state index contributed by atoms with van der Waals surface area (Å²) >= 11 is 1.16. The van der Waals surface area contributed by atoms with E-state index in [1.54, 1.807) is 11.6 Å². The van der Waals surface area contributed by atoms with Crippen molar-refractivity contribution >= 4 is 17.5 Å². The van der Waals surface area contributed by atoms with Gasteiger partial charge in [-0.25, -0.2) is 8.78 Å². The van der Waals surface area contributed by atoms with Crippen LogP contribution in [-0.4, -0.2) is 31.2 Å². The standard InChI is InChI=1S/C18H16F2N4OS/c1-10-5-4-6-11(2)16(10)24-18(21-22-23-24)26-12(3)17(25)13-7-8-14(19)15(20)9-13/h4-9,12H,1-3H3/t12-/m0/s1. The third kappa shape index (κ3) is 3.50. The molecule has 0 fully saturated rings. The summed E-state index contributed by atoms with van der Waals surface area (Å²) in [5, 5.41) is 11.6. The highest BCUT2D eigenvalue weighted by atomic mass is 32.2. The number of carbonyl (C=O) groups excluding carboxylic acids is 1. The first-order chi connectivity index (χ1) is 12.4. The van der Waals surface area contributed by atoms with Gasteiger partial charge in [0.2, 0.25) is 5.16 Å². The summed E-state index contributed by atoms with van der Waals surface area (Å²) in [6.45, 7) is 5.58. The average molecular weight is 374 g/mol. The minimum absolute atomic E-state index is 0.106. The molecule has 0 saturated heterocycles. The van der Waals surface area contributed by atoms with Gasteiger partial charge >= 0.3 is 0 Å². The van der Waals surface area contributed by atoms with Crippen molar-refractivity contribution in [3.8, 4) is 5.69 Å². The quantitative estimate of drug-likeness (QED) is 0.500. The van der Waals surface area contributed by atoms with E-state index in [4.69, 9.17) is 0 Å². The number of hydrogen-bond donors (Lipinski definition) is 0. The highest BCUT2D eigenvalue weighted by Gasteiger charge is 2.22. The van der Waals surface area contributed by atoms with Crippen LogP contribution in [0.15, 0.2) is 41.6 Å². The average Bonchev–Trinajstić information content (AvgIpc) is 3.04. The maximum absolute atomic E-state index is 13.4. The SMILES string of the molecule is Cc1cccc(C)c1-n1nnnc1S[C@@H](C)C(=O)c1ccc(F)c(F)c1. The van der Waals surface area contributed by atoms with E-state index >= 15 is 0 Å². The van der Waals surface area contributed by atoms with Crippen LogP contribution in [0.3, 0.4) is 0 Å². The van der Waals surface area contributed by atoms with Crippen molar-refractivity contribution in [2.45, 2.75) is 31.2 Å². The molecule has 8 heteroatoms. The van der Waals surface area contributed by atoms with Crippen molar-refractivity contribution in [1.29, 1.82) is 0 Å². The minimum Gasteiger partial charge on any atom is -0.293 e. The zero-order valence-electron chi connectivity index (χ0n) is 14.4. The normalized spacial score (nSPS) is 12.2. The molecule has 0 N–H and O–H groups in total. The van der Waals surface area contributed by atoms with Crippen LogP contribution in [0.4, 0.5) is 8.78 Å². The zero-order chi connectivity index (χ0) is 18.8. The first kappa shape index (κ1) is 18.2. The van der Waals surface area contributed by atoms with Crippen LogP contribution < -0.4 is 0 Å². The number of para-hydroxylation sites is 1. The maximum atomic E-state index is 13.4. The highest BCUT2D eigenvalue weighted by Crippen LogP contribution is 2.28. The molecule has 2 aromatic carbocycles. The molecule has 0 unspecified atom stereocenters. The van der Waals surface area contributed by atoms with Gasteiger partial charge < -0.3 is 0 Å². The lowest BCUT2D eigenvalue weighted by Crippen LogP contribution is -2.15. The predicted octanol–water partition coefficient (Wildman–Crippen LogP) is 3.92. The number of thioether (sulfide) groups is 1. The van der Waals surface area contributed by atoms with Gasteiger partial charge in [0.25, 0.3) is 0 Å². The van der Waals surface area contributed by atoms with E-state index in [1.165, 1.54) is 6.07 Å². The second-order valence-corrected chi connectivity index (χ2v) is 7.17. The number of rotatable bonds is 5. The summed E-state index contributed by atoms with van der Waals surface area (Å²) in [4.78, 5) is 12.5. The molecule has 0 bridgehead atoms. The topological polar surface area (TPSA) is 60.7 Å². The Hall–Kier alpha value is -2.61. The number of Topliss-reactive ketones (excluding diaryl/α,β-unsaturated/α-hetero) is 1. The number of hydrogen-bond acceptors (Lipinski definition) is 5. The Morgan fingerprint density at radius 3 is 2.46 bits per heavy atom. The molecular formula is C18H16F2N4OS. The number of aromatic nitrogens is 4. The Kier molecular flexibility index (Phi) is 5.13. The van der Waals surface area contributed by atoms with Gasteiger partial charge in [0.15, 0.2) is 17.4 Å². The molecular weight excluding hydrogens is 358 g/mol. The molecule has 0 amide bonds. The Balaban J connectivity index is 1.87. The van der Waals surface area contributed by atoms with E-state index in [1.807, 2.05) is 32.0 Å². The zero-order valence-corrected chi connectivity index (χ0v) is 15.2. The summed E-state index contributed by atoms with van der Waals surface area (Å²) < 4.78 is 28.0. The summed E-state index contributed by atoms with van der Waals surface area (Å²) in [7, 11) is 0. The molecule has 0 aliphatic heterocycles. The second-order valence-electron chi connectivity index (χ2n) is 5.87. The van der Waals surface area contributed by atoms with Crippen LogP contribution in [0.1, 0.15) is 28.4 Å². The van der Waals surface area contributed by atoms with E-state index in [9.17, 15) is 13.6 Å². The van der Waals surface area contributed by atoms with Crippen molar-refractivity contribution in [3.63, 3.8) is 0 Å². The van der Waals surface area contributed by atoms with Gasteiger partial charge in [-0.15, -0.1) is 5.10 Å². The number of halogens is 2. The van der Waals surface area contributed by atoms with E-state index in [0.717, 1.165) is 40.7 Å². The Labute approximate surface area is 153 Å². The lowest BCUT2D eigenvalue weighted by Gasteiger charge is -2.13. The first-order valence-corrected chi connectivity index (χ1v) is 8.77. The molecule has 0 aliphatic carbocycles. The molecule has 1 atom stereocenters. The molecule has 0 saturated carbocycles. The van der Waals surface area contributed by atoms with Crippen LogP contribution in [0.2, 0.25) is 0 Å². The van der Waals surface area contributed by atoms with Gasteiger partial charge in [0.05, 0.1) is 10.9 Å².